The molecule has 1 aromatic heterocycles. The third-order valence-corrected chi connectivity index (χ3v) is 3.33. The van der Waals surface area contributed by atoms with Gasteiger partial charge in [0.15, 0.2) is 0 Å². The summed E-state index contributed by atoms with van der Waals surface area (Å²) in [6.07, 6.45) is 1.37. The third kappa shape index (κ3) is 4.17. The van der Waals surface area contributed by atoms with E-state index >= 15 is 0 Å². The lowest BCUT2D eigenvalue weighted by Crippen LogP contribution is -2.14. The SMILES string of the molecule is Cc1ccc(NC(=O)c2ncn(-c3ccc(OC(F)F)cc3)n2)cc1. The fourth-order valence-corrected chi connectivity index (χ4v) is 2.10. The number of nitrogens with one attached hydrogen (secondary N) is 1. The third-order valence-electron chi connectivity index (χ3n) is 3.33. The quantitative estimate of drug-likeness (QED) is 0.770. The molecule has 0 bridgehead atoms. The second-order valence-electron chi connectivity index (χ2n) is 5.21. The number of hydrogen-bond donors (Lipinski definition) is 1. The monoisotopic (exact) mass is 344 g/mol. The molecule has 3 aromatic rings. The van der Waals surface area contributed by atoms with Crippen LogP contribution in [0.5, 0.6) is 5.75 Å². The maximum absolute atomic E-state index is 12.2. The predicted octanol–water partition coefficient (Wildman–Crippen LogP) is 3.43. The minimum absolute atomic E-state index is 0.00604. The van der Waals surface area contributed by atoms with Crippen LogP contribution in [0.1, 0.15) is 16.2 Å². The van der Waals surface area contributed by atoms with Crippen LogP contribution in [0.3, 0.4) is 0 Å². The highest BCUT2D eigenvalue weighted by Gasteiger charge is 2.13. The van der Waals surface area contributed by atoms with E-state index < -0.39 is 12.5 Å². The summed E-state index contributed by atoms with van der Waals surface area (Å²) in [7, 11) is 0. The number of nitrogens with zero attached hydrogens (tertiary/aromatic N) is 3. The highest BCUT2D eigenvalue weighted by Crippen LogP contribution is 2.17. The van der Waals surface area contributed by atoms with Crippen molar-refractivity contribution in [2.45, 2.75) is 13.5 Å². The van der Waals surface area contributed by atoms with E-state index in [1.807, 2.05) is 19.1 Å². The molecule has 0 radical (unpaired) electrons. The van der Waals surface area contributed by atoms with Gasteiger partial charge in [-0.3, -0.25) is 4.79 Å². The lowest BCUT2D eigenvalue weighted by Gasteiger charge is -2.05. The summed E-state index contributed by atoms with van der Waals surface area (Å²) in [4.78, 5) is 16.1. The van der Waals surface area contributed by atoms with E-state index in [-0.39, 0.29) is 11.6 Å². The van der Waals surface area contributed by atoms with Gasteiger partial charge in [0.05, 0.1) is 5.69 Å². The zero-order chi connectivity index (χ0) is 17.8. The van der Waals surface area contributed by atoms with Crippen LogP contribution in [0, 0.1) is 6.92 Å². The average molecular weight is 344 g/mol. The van der Waals surface area contributed by atoms with Crippen molar-refractivity contribution in [2.24, 2.45) is 0 Å². The van der Waals surface area contributed by atoms with E-state index in [0.29, 0.717) is 11.4 Å². The number of ether oxygens (including phenoxy) is 1. The van der Waals surface area contributed by atoms with Gasteiger partial charge in [-0.2, -0.15) is 8.78 Å². The Labute approximate surface area is 142 Å². The molecule has 25 heavy (non-hydrogen) atoms. The van der Waals surface area contributed by atoms with Crippen LogP contribution in [0.25, 0.3) is 5.69 Å². The van der Waals surface area contributed by atoms with Gasteiger partial charge in [0.1, 0.15) is 12.1 Å². The summed E-state index contributed by atoms with van der Waals surface area (Å²) in [5.41, 5.74) is 2.28. The van der Waals surface area contributed by atoms with Crippen molar-refractivity contribution >= 4 is 11.6 Å². The molecule has 0 fully saturated rings. The molecule has 0 saturated carbocycles. The van der Waals surface area contributed by atoms with Gasteiger partial charge in [-0.05, 0) is 43.3 Å². The number of halogens is 2. The molecule has 0 aliphatic carbocycles. The zero-order valence-corrected chi connectivity index (χ0v) is 13.2. The van der Waals surface area contributed by atoms with E-state index in [9.17, 15) is 13.6 Å². The number of aromatic nitrogens is 3. The molecule has 3 rings (SSSR count). The van der Waals surface area contributed by atoms with Crippen LogP contribution in [-0.4, -0.2) is 27.3 Å². The Morgan fingerprint density at radius 1 is 1.12 bits per heavy atom. The number of amides is 1. The van der Waals surface area contributed by atoms with E-state index in [4.69, 9.17) is 0 Å². The molecule has 0 aliphatic heterocycles. The Kier molecular flexibility index (Phi) is 4.69. The van der Waals surface area contributed by atoms with Gasteiger partial charge >= 0.3 is 6.61 Å². The van der Waals surface area contributed by atoms with Gasteiger partial charge in [-0.25, -0.2) is 9.67 Å². The van der Waals surface area contributed by atoms with Crippen molar-refractivity contribution in [3.8, 4) is 11.4 Å². The number of aryl methyl sites for hydroxylation is 1. The Morgan fingerprint density at radius 3 is 2.44 bits per heavy atom. The molecule has 8 heteroatoms. The van der Waals surface area contributed by atoms with Crippen molar-refractivity contribution in [3.05, 3.63) is 66.2 Å². The highest BCUT2D eigenvalue weighted by molar-refractivity contribution is 6.01. The number of rotatable bonds is 5. The van der Waals surface area contributed by atoms with Crippen molar-refractivity contribution in [1.29, 1.82) is 0 Å². The first-order valence-electron chi connectivity index (χ1n) is 7.36. The number of benzene rings is 2. The molecular weight excluding hydrogens is 330 g/mol. The average Bonchev–Trinajstić information content (AvgIpc) is 3.07. The summed E-state index contributed by atoms with van der Waals surface area (Å²) in [6, 6.07) is 13.2. The second-order valence-corrected chi connectivity index (χ2v) is 5.21. The van der Waals surface area contributed by atoms with Gasteiger partial charge in [-0.1, -0.05) is 17.7 Å². The van der Waals surface area contributed by atoms with Crippen molar-refractivity contribution in [3.63, 3.8) is 0 Å². The minimum atomic E-state index is -2.88. The lowest BCUT2D eigenvalue weighted by molar-refractivity contribution is -0.0498. The number of alkyl halides is 2. The van der Waals surface area contributed by atoms with Crippen LogP contribution in [-0.2, 0) is 0 Å². The van der Waals surface area contributed by atoms with Gasteiger partial charge in [-0.15, -0.1) is 5.10 Å². The molecule has 0 spiro atoms. The van der Waals surface area contributed by atoms with Gasteiger partial charge < -0.3 is 10.1 Å². The van der Waals surface area contributed by atoms with Crippen molar-refractivity contribution < 1.29 is 18.3 Å². The van der Waals surface area contributed by atoms with Crippen molar-refractivity contribution in [1.82, 2.24) is 14.8 Å². The normalized spacial score (nSPS) is 10.7. The summed E-state index contributed by atoms with van der Waals surface area (Å²) in [5.74, 6) is -0.412. The molecule has 0 atom stereocenters. The van der Waals surface area contributed by atoms with Crippen LogP contribution in [0.2, 0.25) is 0 Å². The van der Waals surface area contributed by atoms with Gasteiger partial charge in [0.2, 0.25) is 5.82 Å². The lowest BCUT2D eigenvalue weighted by atomic mass is 10.2. The smallest absolute Gasteiger partial charge is 0.387 e. The maximum atomic E-state index is 12.2. The van der Waals surface area contributed by atoms with Crippen LogP contribution in [0.15, 0.2) is 54.9 Å². The first-order chi connectivity index (χ1) is 12.0. The molecular formula is C17H14F2N4O2. The van der Waals surface area contributed by atoms with Gasteiger partial charge in [0.25, 0.3) is 5.91 Å². The standard InChI is InChI=1S/C17H14F2N4O2/c1-11-2-4-12(5-3-11)21-16(24)15-20-10-23(22-15)13-6-8-14(9-7-13)25-17(18)19/h2-10,17H,1H3,(H,21,24). The molecule has 0 saturated heterocycles. The van der Waals surface area contributed by atoms with Crippen LogP contribution >= 0.6 is 0 Å². The maximum Gasteiger partial charge on any atom is 0.387 e. The van der Waals surface area contributed by atoms with Crippen LogP contribution in [0.4, 0.5) is 14.5 Å². The number of carbonyl (C=O) groups is 1. The molecule has 0 aliphatic rings. The van der Waals surface area contributed by atoms with E-state index in [0.717, 1.165) is 5.56 Å². The Morgan fingerprint density at radius 2 is 1.80 bits per heavy atom. The fourth-order valence-electron chi connectivity index (χ4n) is 2.10. The highest BCUT2D eigenvalue weighted by atomic mass is 19.3. The molecule has 1 amide bonds. The Hall–Kier alpha value is -3.29. The topological polar surface area (TPSA) is 69.0 Å². The van der Waals surface area contributed by atoms with E-state index in [1.54, 1.807) is 12.1 Å². The van der Waals surface area contributed by atoms with Crippen molar-refractivity contribution in [2.75, 3.05) is 5.32 Å². The minimum Gasteiger partial charge on any atom is -0.435 e. The molecule has 128 valence electrons. The first kappa shape index (κ1) is 16.6. The summed E-state index contributed by atoms with van der Waals surface area (Å²) in [6.45, 7) is -0.929. The Bertz CT molecular complexity index is 861. The number of hydrogen-bond acceptors (Lipinski definition) is 4. The largest absolute Gasteiger partial charge is 0.435 e. The number of anilines is 1. The molecule has 2 aromatic carbocycles. The molecule has 1 N–H and O–H groups in total. The summed E-state index contributed by atoms with van der Waals surface area (Å²) >= 11 is 0. The number of carbonyl (C=O) groups excluding carboxylic acids is 1. The predicted molar refractivity (Wildman–Crippen MR) is 87.1 cm³/mol. The molecule has 6 nitrogen and oxygen atoms in total. The second kappa shape index (κ2) is 7.08. The van der Waals surface area contributed by atoms with E-state index in [2.05, 4.69) is 20.1 Å². The first-order valence-corrected chi connectivity index (χ1v) is 7.36. The Balaban J connectivity index is 1.71. The fraction of sp³-hybridized carbons (Fsp3) is 0.118. The zero-order valence-electron chi connectivity index (χ0n) is 13.2. The van der Waals surface area contributed by atoms with Crippen LogP contribution < -0.4 is 10.1 Å². The summed E-state index contributed by atoms with van der Waals surface area (Å²) < 4.78 is 29.9. The van der Waals surface area contributed by atoms with E-state index in [1.165, 1.54) is 35.3 Å². The summed E-state index contributed by atoms with van der Waals surface area (Å²) in [5, 5.41) is 6.79. The molecule has 0 unspecified atom stereocenters. The van der Waals surface area contributed by atoms with Gasteiger partial charge in [0, 0.05) is 5.69 Å². The molecule has 1 heterocycles.